The second-order valence-corrected chi connectivity index (χ2v) is 7.07. The normalized spacial score (nSPS) is 18.3. The summed E-state index contributed by atoms with van der Waals surface area (Å²) in [4.78, 5) is 0. The standard InChI is InChI=1S/C22H15F4N3/c23-18-11-6-10-15-17(18)13-21(22(24,25)26,27-14-7-2-1-3-8-14)29-20(15)16-9-4-5-12-19(16)28-29/h1-12,27H,13H2. The fourth-order valence-corrected chi connectivity index (χ4v) is 4.01. The number of benzene rings is 3. The van der Waals surface area contributed by atoms with E-state index in [4.69, 9.17) is 0 Å². The van der Waals surface area contributed by atoms with Crippen LogP contribution in [0.1, 0.15) is 5.56 Å². The molecule has 4 aromatic rings. The largest absolute Gasteiger partial charge is 0.432 e. The number of halogens is 4. The van der Waals surface area contributed by atoms with Crippen LogP contribution in [0.5, 0.6) is 0 Å². The number of nitrogens with one attached hydrogen (secondary N) is 1. The van der Waals surface area contributed by atoms with Crippen LogP contribution in [0.15, 0.2) is 72.8 Å². The smallest absolute Gasteiger partial charge is 0.354 e. The minimum absolute atomic E-state index is 0.0198. The SMILES string of the molecule is Fc1cccc2c1CC(Nc1ccccc1)(C(F)(F)F)n1nc3ccccc3c1-2. The minimum atomic E-state index is -4.75. The van der Waals surface area contributed by atoms with Crippen molar-refractivity contribution in [2.24, 2.45) is 0 Å². The number of hydrogen-bond donors (Lipinski definition) is 1. The molecule has 0 radical (unpaired) electrons. The van der Waals surface area contributed by atoms with Crippen LogP contribution in [-0.4, -0.2) is 16.0 Å². The van der Waals surface area contributed by atoms with Crippen molar-refractivity contribution in [3.8, 4) is 11.3 Å². The Bertz CT molecular complexity index is 1210. The first-order chi connectivity index (χ1) is 13.9. The lowest BCUT2D eigenvalue weighted by atomic mass is 9.87. The predicted octanol–water partition coefficient (Wildman–Crippen LogP) is 5.73. The number of rotatable bonds is 2. The Morgan fingerprint density at radius 3 is 2.38 bits per heavy atom. The summed E-state index contributed by atoms with van der Waals surface area (Å²) in [7, 11) is 0. The molecule has 1 unspecified atom stereocenters. The topological polar surface area (TPSA) is 29.9 Å². The third-order valence-corrected chi connectivity index (χ3v) is 5.34. The van der Waals surface area contributed by atoms with E-state index in [9.17, 15) is 17.6 Å². The van der Waals surface area contributed by atoms with Gasteiger partial charge in [0, 0.05) is 28.6 Å². The number of hydrogen-bond acceptors (Lipinski definition) is 2. The minimum Gasteiger partial charge on any atom is -0.354 e. The second kappa shape index (κ2) is 6.07. The van der Waals surface area contributed by atoms with Crippen LogP contribution in [0, 0.1) is 5.82 Å². The summed E-state index contributed by atoms with van der Waals surface area (Å²) in [6.07, 6.45) is -5.37. The number of alkyl halides is 3. The number of fused-ring (bicyclic) bond motifs is 5. The molecule has 7 heteroatoms. The maximum Gasteiger partial charge on any atom is 0.432 e. The van der Waals surface area contributed by atoms with Gasteiger partial charge in [0.15, 0.2) is 0 Å². The van der Waals surface area contributed by atoms with Crippen molar-refractivity contribution in [1.29, 1.82) is 0 Å². The maximum absolute atomic E-state index is 14.7. The summed E-state index contributed by atoms with van der Waals surface area (Å²) in [6, 6.07) is 19.3. The van der Waals surface area contributed by atoms with E-state index in [1.54, 1.807) is 60.7 Å². The monoisotopic (exact) mass is 397 g/mol. The van der Waals surface area contributed by atoms with Crippen LogP contribution < -0.4 is 5.32 Å². The lowest BCUT2D eigenvalue weighted by Gasteiger charge is -2.41. The van der Waals surface area contributed by atoms with E-state index < -0.39 is 24.1 Å². The maximum atomic E-state index is 14.7. The van der Waals surface area contributed by atoms with Gasteiger partial charge in [0.1, 0.15) is 5.82 Å². The van der Waals surface area contributed by atoms with Crippen LogP contribution in [-0.2, 0) is 12.1 Å². The van der Waals surface area contributed by atoms with Crippen molar-refractivity contribution in [1.82, 2.24) is 9.78 Å². The van der Waals surface area contributed by atoms with Crippen molar-refractivity contribution in [2.75, 3.05) is 5.32 Å². The van der Waals surface area contributed by atoms with Gasteiger partial charge in [-0.2, -0.15) is 18.3 Å². The molecule has 0 aliphatic carbocycles. The molecule has 0 saturated carbocycles. The van der Waals surface area contributed by atoms with Gasteiger partial charge in [-0.3, -0.25) is 0 Å². The first-order valence-corrected chi connectivity index (χ1v) is 9.07. The van der Waals surface area contributed by atoms with Crippen LogP contribution in [0.3, 0.4) is 0 Å². The summed E-state index contributed by atoms with van der Waals surface area (Å²) in [6.45, 7) is 0. The molecule has 2 heterocycles. The Morgan fingerprint density at radius 2 is 1.62 bits per heavy atom. The number of anilines is 1. The van der Waals surface area contributed by atoms with Crippen molar-refractivity contribution in [3.05, 3.63) is 84.2 Å². The summed E-state index contributed by atoms with van der Waals surface area (Å²) in [5.41, 5.74) is -1.24. The summed E-state index contributed by atoms with van der Waals surface area (Å²) in [5.74, 6) is -0.664. The molecular formula is C22H15F4N3. The Morgan fingerprint density at radius 1 is 0.897 bits per heavy atom. The first kappa shape index (κ1) is 17.7. The molecule has 3 aromatic carbocycles. The average Bonchev–Trinajstić information content (AvgIpc) is 3.09. The van der Waals surface area contributed by atoms with Crippen LogP contribution >= 0.6 is 0 Å². The number of nitrogens with zero attached hydrogens (tertiary/aromatic N) is 2. The molecule has 3 nitrogen and oxygen atoms in total. The second-order valence-electron chi connectivity index (χ2n) is 7.07. The van der Waals surface area contributed by atoms with E-state index in [1.165, 1.54) is 12.1 Å². The third kappa shape index (κ3) is 2.53. The zero-order valence-corrected chi connectivity index (χ0v) is 15.0. The average molecular weight is 397 g/mol. The first-order valence-electron chi connectivity index (χ1n) is 9.07. The fraction of sp³-hybridized carbons (Fsp3) is 0.136. The highest BCUT2D eigenvalue weighted by Gasteiger charge is 2.60. The molecule has 1 aliphatic rings. The molecule has 1 N–H and O–H groups in total. The summed E-state index contributed by atoms with van der Waals surface area (Å²) >= 11 is 0. The van der Waals surface area contributed by atoms with Gasteiger partial charge < -0.3 is 5.32 Å². The quantitative estimate of drug-likeness (QED) is 0.438. The highest BCUT2D eigenvalue weighted by molar-refractivity contribution is 5.95. The molecule has 0 spiro atoms. The van der Waals surface area contributed by atoms with Gasteiger partial charge in [-0.15, -0.1) is 0 Å². The molecule has 5 rings (SSSR count). The van der Waals surface area contributed by atoms with Crippen molar-refractivity contribution in [3.63, 3.8) is 0 Å². The molecule has 0 fully saturated rings. The van der Waals surface area contributed by atoms with Gasteiger partial charge in [-0.05, 0) is 24.3 Å². The van der Waals surface area contributed by atoms with Gasteiger partial charge in [-0.25, -0.2) is 9.07 Å². The Balaban J connectivity index is 1.87. The summed E-state index contributed by atoms with van der Waals surface area (Å²) in [5, 5.41) is 7.48. The van der Waals surface area contributed by atoms with Crippen LogP contribution in [0.25, 0.3) is 22.2 Å². The Labute approximate surface area is 163 Å². The summed E-state index contributed by atoms with van der Waals surface area (Å²) < 4.78 is 59.7. The molecule has 1 aliphatic heterocycles. The Kier molecular flexibility index (Phi) is 3.71. The van der Waals surface area contributed by atoms with Gasteiger partial charge in [-0.1, -0.05) is 48.5 Å². The molecule has 0 saturated heterocycles. The van der Waals surface area contributed by atoms with Crippen molar-refractivity contribution >= 4 is 16.6 Å². The van der Waals surface area contributed by atoms with E-state index in [0.717, 1.165) is 4.68 Å². The molecular weight excluding hydrogens is 382 g/mol. The van der Waals surface area contributed by atoms with Gasteiger partial charge >= 0.3 is 6.18 Å². The lowest BCUT2D eigenvalue weighted by molar-refractivity contribution is -0.208. The highest BCUT2D eigenvalue weighted by atomic mass is 19.4. The Hall–Kier alpha value is -3.35. The molecule has 0 bridgehead atoms. The van der Waals surface area contributed by atoms with E-state index in [1.807, 2.05) is 0 Å². The van der Waals surface area contributed by atoms with Crippen molar-refractivity contribution in [2.45, 2.75) is 18.3 Å². The zero-order chi connectivity index (χ0) is 20.2. The third-order valence-electron chi connectivity index (χ3n) is 5.34. The predicted molar refractivity (Wildman–Crippen MR) is 103 cm³/mol. The van der Waals surface area contributed by atoms with Crippen LogP contribution in [0.2, 0.25) is 0 Å². The number of aromatic nitrogens is 2. The van der Waals surface area contributed by atoms with Crippen LogP contribution in [0.4, 0.5) is 23.2 Å². The van der Waals surface area contributed by atoms with Gasteiger partial charge in [0.25, 0.3) is 0 Å². The number of para-hydroxylation sites is 1. The van der Waals surface area contributed by atoms with Crippen molar-refractivity contribution < 1.29 is 17.6 Å². The van der Waals surface area contributed by atoms with Gasteiger partial charge in [0.05, 0.1) is 11.2 Å². The molecule has 1 atom stereocenters. The van der Waals surface area contributed by atoms with E-state index in [-0.39, 0.29) is 16.9 Å². The molecule has 146 valence electrons. The van der Waals surface area contributed by atoms with Gasteiger partial charge in [0.2, 0.25) is 5.66 Å². The molecule has 29 heavy (non-hydrogen) atoms. The van der Waals surface area contributed by atoms with E-state index in [0.29, 0.717) is 16.5 Å². The molecule has 1 aromatic heterocycles. The molecule has 0 amide bonds. The van der Waals surface area contributed by atoms with E-state index in [2.05, 4.69) is 10.4 Å². The fourth-order valence-electron chi connectivity index (χ4n) is 4.01. The highest BCUT2D eigenvalue weighted by Crippen LogP contribution is 2.49. The van der Waals surface area contributed by atoms with E-state index >= 15 is 0 Å². The lowest BCUT2D eigenvalue weighted by Crippen LogP contribution is -2.57. The zero-order valence-electron chi connectivity index (χ0n) is 15.0.